The molecule has 0 aliphatic heterocycles. The SMILES string of the molecule is CNc1ncc(F)cc1C(=O)NCCCCCOC. The summed E-state index contributed by atoms with van der Waals surface area (Å²) < 4.78 is 18.0. The summed E-state index contributed by atoms with van der Waals surface area (Å²) in [6.45, 7) is 1.29. The van der Waals surface area contributed by atoms with Crippen molar-refractivity contribution in [3.63, 3.8) is 0 Å². The molecule has 106 valence electrons. The van der Waals surface area contributed by atoms with E-state index in [1.54, 1.807) is 14.2 Å². The number of ether oxygens (including phenoxy) is 1. The van der Waals surface area contributed by atoms with Crippen molar-refractivity contribution >= 4 is 11.7 Å². The maximum Gasteiger partial charge on any atom is 0.255 e. The van der Waals surface area contributed by atoms with Crippen molar-refractivity contribution in [3.05, 3.63) is 23.6 Å². The van der Waals surface area contributed by atoms with E-state index < -0.39 is 5.82 Å². The second-order valence-electron chi connectivity index (χ2n) is 4.11. The van der Waals surface area contributed by atoms with Crippen molar-refractivity contribution in [1.29, 1.82) is 0 Å². The number of methoxy groups -OCH3 is 1. The average molecular weight is 269 g/mol. The Morgan fingerprint density at radius 1 is 1.42 bits per heavy atom. The largest absolute Gasteiger partial charge is 0.385 e. The summed E-state index contributed by atoms with van der Waals surface area (Å²) in [4.78, 5) is 15.7. The number of anilines is 1. The molecule has 0 radical (unpaired) electrons. The minimum absolute atomic E-state index is 0.222. The fourth-order valence-electron chi connectivity index (χ4n) is 1.66. The lowest BCUT2D eigenvalue weighted by Gasteiger charge is -2.09. The highest BCUT2D eigenvalue weighted by atomic mass is 19.1. The summed E-state index contributed by atoms with van der Waals surface area (Å²) in [5.41, 5.74) is 0.222. The van der Waals surface area contributed by atoms with Crippen LogP contribution in [0.25, 0.3) is 0 Å². The normalized spacial score (nSPS) is 10.3. The van der Waals surface area contributed by atoms with E-state index in [1.165, 1.54) is 6.07 Å². The van der Waals surface area contributed by atoms with E-state index >= 15 is 0 Å². The predicted octanol–water partition coefficient (Wildman–Crippen LogP) is 1.81. The third-order valence-corrected chi connectivity index (χ3v) is 2.65. The molecule has 0 bridgehead atoms. The van der Waals surface area contributed by atoms with Gasteiger partial charge in [-0.1, -0.05) is 0 Å². The third-order valence-electron chi connectivity index (χ3n) is 2.65. The van der Waals surface area contributed by atoms with E-state index in [2.05, 4.69) is 15.6 Å². The lowest BCUT2D eigenvalue weighted by atomic mass is 10.2. The van der Waals surface area contributed by atoms with Crippen LogP contribution in [0.4, 0.5) is 10.2 Å². The minimum Gasteiger partial charge on any atom is -0.385 e. The molecule has 0 spiro atoms. The van der Waals surface area contributed by atoms with Crippen LogP contribution in [-0.2, 0) is 4.74 Å². The number of hydrogen-bond acceptors (Lipinski definition) is 4. The van der Waals surface area contributed by atoms with Gasteiger partial charge in [0, 0.05) is 27.3 Å². The lowest BCUT2D eigenvalue weighted by molar-refractivity contribution is 0.0952. The maximum atomic E-state index is 13.1. The number of nitrogens with zero attached hydrogens (tertiary/aromatic N) is 1. The number of hydrogen-bond donors (Lipinski definition) is 2. The van der Waals surface area contributed by atoms with Crippen molar-refractivity contribution in [1.82, 2.24) is 10.3 Å². The predicted molar refractivity (Wildman–Crippen MR) is 71.8 cm³/mol. The first-order chi connectivity index (χ1) is 9.19. The van der Waals surface area contributed by atoms with E-state index in [0.717, 1.165) is 32.1 Å². The van der Waals surface area contributed by atoms with Crippen LogP contribution in [0.2, 0.25) is 0 Å². The second-order valence-corrected chi connectivity index (χ2v) is 4.11. The molecule has 0 unspecified atom stereocenters. The quantitative estimate of drug-likeness (QED) is 0.706. The van der Waals surface area contributed by atoms with Gasteiger partial charge in [-0.25, -0.2) is 9.37 Å². The first-order valence-electron chi connectivity index (χ1n) is 6.29. The smallest absolute Gasteiger partial charge is 0.255 e. The molecule has 0 aliphatic rings. The molecular weight excluding hydrogens is 249 g/mol. The minimum atomic E-state index is -0.524. The lowest BCUT2D eigenvalue weighted by Crippen LogP contribution is -2.25. The van der Waals surface area contributed by atoms with E-state index in [0.29, 0.717) is 12.4 Å². The number of carbonyl (C=O) groups excluding carboxylic acids is 1. The van der Waals surface area contributed by atoms with Gasteiger partial charge in [0.05, 0.1) is 11.8 Å². The Morgan fingerprint density at radius 3 is 2.89 bits per heavy atom. The number of pyridine rings is 1. The monoisotopic (exact) mass is 269 g/mol. The van der Waals surface area contributed by atoms with Crippen molar-refractivity contribution in [3.8, 4) is 0 Å². The standard InChI is InChI=1S/C13H20FN3O2/c1-15-12-11(8-10(14)9-17-12)13(18)16-6-4-3-5-7-19-2/h8-9H,3-7H2,1-2H3,(H,15,17)(H,16,18). The highest BCUT2D eigenvalue weighted by Crippen LogP contribution is 2.12. The van der Waals surface area contributed by atoms with E-state index in [9.17, 15) is 9.18 Å². The third kappa shape index (κ3) is 5.21. The number of halogens is 1. The van der Waals surface area contributed by atoms with E-state index in [-0.39, 0.29) is 11.5 Å². The van der Waals surface area contributed by atoms with Crippen LogP contribution in [0.15, 0.2) is 12.3 Å². The molecule has 0 aliphatic carbocycles. The Labute approximate surface area is 112 Å². The van der Waals surface area contributed by atoms with Crippen molar-refractivity contribution < 1.29 is 13.9 Å². The van der Waals surface area contributed by atoms with Gasteiger partial charge in [-0.2, -0.15) is 0 Å². The summed E-state index contributed by atoms with van der Waals surface area (Å²) in [7, 11) is 3.31. The van der Waals surface area contributed by atoms with Crippen LogP contribution >= 0.6 is 0 Å². The molecule has 1 aromatic rings. The zero-order chi connectivity index (χ0) is 14.1. The van der Waals surface area contributed by atoms with Crippen LogP contribution in [0.1, 0.15) is 29.6 Å². The Bertz CT molecular complexity index is 413. The molecule has 0 atom stereocenters. The van der Waals surface area contributed by atoms with Gasteiger partial charge in [0.15, 0.2) is 0 Å². The number of unbranched alkanes of at least 4 members (excludes halogenated alkanes) is 2. The van der Waals surface area contributed by atoms with Gasteiger partial charge < -0.3 is 15.4 Å². The van der Waals surface area contributed by atoms with Gasteiger partial charge in [0.25, 0.3) is 5.91 Å². The number of nitrogens with one attached hydrogen (secondary N) is 2. The molecule has 0 saturated carbocycles. The van der Waals surface area contributed by atoms with Crippen LogP contribution in [0.3, 0.4) is 0 Å². The van der Waals surface area contributed by atoms with Crippen LogP contribution in [0.5, 0.6) is 0 Å². The fourth-order valence-corrected chi connectivity index (χ4v) is 1.66. The molecule has 0 fully saturated rings. The molecule has 2 N–H and O–H groups in total. The van der Waals surface area contributed by atoms with Crippen molar-refractivity contribution in [2.45, 2.75) is 19.3 Å². The molecule has 1 rings (SSSR count). The fraction of sp³-hybridized carbons (Fsp3) is 0.538. The number of rotatable bonds is 8. The van der Waals surface area contributed by atoms with Crippen LogP contribution in [0, 0.1) is 5.82 Å². The molecule has 0 aromatic carbocycles. The van der Waals surface area contributed by atoms with Gasteiger partial charge in [0.2, 0.25) is 0 Å². The number of aromatic nitrogens is 1. The Hall–Kier alpha value is -1.69. The molecule has 1 amide bonds. The maximum absolute atomic E-state index is 13.1. The molecule has 0 saturated heterocycles. The van der Waals surface area contributed by atoms with E-state index in [1.807, 2.05) is 0 Å². The molecule has 5 nitrogen and oxygen atoms in total. The van der Waals surface area contributed by atoms with Crippen molar-refractivity contribution in [2.24, 2.45) is 0 Å². The Balaban J connectivity index is 2.43. The van der Waals surface area contributed by atoms with Gasteiger partial charge in [0.1, 0.15) is 11.6 Å². The van der Waals surface area contributed by atoms with E-state index in [4.69, 9.17) is 4.74 Å². The summed E-state index contributed by atoms with van der Waals surface area (Å²) in [5, 5.41) is 5.52. The first kappa shape index (κ1) is 15.4. The molecule has 19 heavy (non-hydrogen) atoms. The Kier molecular flexibility index (Phi) is 6.81. The molecule has 1 aromatic heterocycles. The summed E-state index contributed by atoms with van der Waals surface area (Å²) >= 11 is 0. The zero-order valence-electron chi connectivity index (χ0n) is 11.3. The first-order valence-corrected chi connectivity index (χ1v) is 6.29. The topological polar surface area (TPSA) is 63.2 Å². The zero-order valence-corrected chi connectivity index (χ0v) is 11.3. The van der Waals surface area contributed by atoms with Gasteiger partial charge in [-0.3, -0.25) is 4.79 Å². The highest BCUT2D eigenvalue weighted by Gasteiger charge is 2.12. The van der Waals surface area contributed by atoms with Gasteiger partial charge in [-0.05, 0) is 25.3 Å². The number of amides is 1. The summed E-state index contributed by atoms with van der Waals surface area (Å²) in [6.07, 6.45) is 3.89. The van der Waals surface area contributed by atoms with Crippen LogP contribution in [-0.4, -0.2) is 38.2 Å². The Morgan fingerprint density at radius 2 is 2.21 bits per heavy atom. The molecular formula is C13H20FN3O2. The number of carbonyl (C=O) groups is 1. The highest BCUT2D eigenvalue weighted by molar-refractivity contribution is 5.98. The van der Waals surface area contributed by atoms with Crippen LogP contribution < -0.4 is 10.6 Å². The van der Waals surface area contributed by atoms with Crippen molar-refractivity contribution in [2.75, 3.05) is 32.6 Å². The molecule has 1 heterocycles. The van der Waals surface area contributed by atoms with Gasteiger partial charge in [-0.15, -0.1) is 0 Å². The summed E-state index contributed by atoms with van der Waals surface area (Å²) in [6, 6.07) is 1.18. The second kappa shape index (κ2) is 8.42. The summed E-state index contributed by atoms with van der Waals surface area (Å²) in [5.74, 6) is -0.467. The molecule has 6 heteroatoms. The van der Waals surface area contributed by atoms with Gasteiger partial charge >= 0.3 is 0 Å². The average Bonchev–Trinajstić information content (AvgIpc) is 2.42.